The van der Waals surface area contributed by atoms with Crippen LogP contribution in [0.5, 0.6) is 0 Å². The molecule has 100 valence electrons. The number of thioether (sulfide) groups is 1. The van der Waals surface area contributed by atoms with Crippen LogP contribution in [0.1, 0.15) is 0 Å². The summed E-state index contributed by atoms with van der Waals surface area (Å²) in [6.07, 6.45) is 0. The van der Waals surface area contributed by atoms with Crippen LogP contribution >= 0.6 is 34.0 Å². The monoisotopic (exact) mass is 333 g/mol. The Bertz CT molecular complexity index is 579. The molecule has 0 aliphatic rings. The second-order valence-corrected chi connectivity index (χ2v) is 7.52. The highest BCUT2D eigenvalue weighted by Crippen LogP contribution is 2.33. The van der Waals surface area contributed by atoms with E-state index >= 15 is 0 Å². The van der Waals surface area contributed by atoms with E-state index in [9.17, 15) is 22.9 Å². The maximum absolute atomic E-state index is 13.1. The van der Waals surface area contributed by atoms with Crippen LogP contribution in [0.2, 0.25) is 5.02 Å². The van der Waals surface area contributed by atoms with Gasteiger partial charge in [-0.1, -0.05) is 11.6 Å². The van der Waals surface area contributed by atoms with Gasteiger partial charge in [-0.15, -0.1) is 11.8 Å². The summed E-state index contributed by atoms with van der Waals surface area (Å²) in [6.45, 7) is 0. The number of nitrogens with zero attached hydrogens (tertiary/aromatic N) is 1. The average Bonchev–Trinajstić information content (AvgIpc) is 2.20. The van der Waals surface area contributed by atoms with E-state index in [-0.39, 0.29) is 21.4 Å². The summed E-state index contributed by atoms with van der Waals surface area (Å²) in [7, 11) is 1.33. The lowest BCUT2D eigenvalue weighted by Crippen LogP contribution is -2.00. The minimum absolute atomic E-state index is 0.00857. The molecule has 0 atom stereocenters. The van der Waals surface area contributed by atoms with Crippen molar-refractivity contribution in [2.45, 2.75) is 4.90 Å². The lowest BCUT2D eigenvalue weighted by atomic mass is 10.3. The van der Waals surface area contributed by atoms with Crippen LogP contribution in [-0.4, -0.2) is 24.8 Å². The first-order chi connectivity index (χ1) is 8.20. The number of hydrogen-bond acceptors (Lipinski definition) is 5. The van der Waals surface area contributed by atoms with Crippen molar-refractivity contribution in [3.8, 4) is 0 Å². The first-order valence-corrected chi connectivity index (χ1v) is 8.23. The second kappa shape index (κ2) is 6.05. The molecule has 18 heavy (non-hydrogen) atoms. The SMILES string of the molecule is O=[N+]([O-])c1cc(F)c(Cl)cc1SCCS(=O)(=O)Cl. The van der Waals surface area contributed by atoms with Crippen molar-refractivity contribution in [2.75, 3.05) is 11.5 Å². The van der Waals surface area contributed by atoms with Crippen molar-refractivity contribution in [1.82, 2.24) is 0 Å². The van der Waals surface area contributed by atoms with E-state index in [0.29, 0.717) is 6.07 Å². The summed E-state index contributed by atoms with van der Waals surface area (Å²) in [5.74, 6) is -1.25. The third-order valence-electron chi connectivity index (χ3n) is 1.78. The first-order valence-electron chi connectivity index (χ1n) is 4.39. The maximum Gasteiger partial charge on any atom is 0.285 e. The molecule has 1 rings (SSSR count). The van der Waals surface area contributed by atoms with Crippen LogP contribution in [0.25, 0.3) is 0 Å². The summed E-state index contributed by atoms with van der Waals surface area (Å²) in [5.41, 5.74) is -0.464. The molecule has 1 aromatic rings. The van der Waals surface area contributed by atoms with Crippen LogP contribution in [0, 0.1) is 15.9 Å². The summed E-state index contributed by atoms with van der Waals surface area (Å²) < 4.78 is 34.5. The van der Waals surface area contributed by atoms with Gasteiger partial charge in [-0.3, -0.25) is 10.1 Å². The Kier molecular flexibility index (Phi) is 5.20. The van der Waals surface area contributed by atoms with Crippen LogP contribution < -0.4 is 0 Å². The van der Waals surface area contributed by atoms with Gasteiger partial charge < -0.3 is 0 Å². The van der Waals surface area contributed by atoms with E-state index in [0.717, 1.165) is 17.8 Å². The van der Waals surface area contributed by atoms with Gasteiger partial charge >= 0.3 is 0 Å². The summed E-state index contributed by atoms with van der Waals surface area (Å²) in [6, 6.07) is 1.78. The van der Waals surface area contributed by atoms with Gasteiger partial charge in [0.1, 0.15) is 5.82 Å². The molecule has 0 unspecified atom stereocenters. The second-order valence-electron chi connectivity index (χ2n) is 3.08. The average molecular weight is 334 g/mol. The van der Waals surface area contributed by atoms with Gasteiger partial charge in [0, 0.05) is 16.4 Å². The van der Waals surface area contributed by atoms with Crippen molar-refractivity contribution >= 4 is 48.8 Å². The van der Waals surface area contributed by atoms with E-state index in [1.54, 1.807) is 0 Å². The zero-order valence-electron chi connectivity index (χ0n) is 8.60. The molecule has 0 bridgehead atoms. The van der Waals surface area contributed by atoms with Gasteiger partial charge in [0.15, 0.2) is 0 Å². The molecule has 0 aliphatic carbocycles. The standard InChI is InChI=1S/C8H6Cl2FNO4S2/c9-5-3-8(17-1-2-18(10,15)16)7(12(13)14)4-6(5)11/h3-4H,1-2H2. The Hall–Kier alpha value is -0.570. The number of rotatable bonds is 5. The molecule has 5 nitrogen and oxygen atoms in total. The molecule has 0 N–H and O–H groups in total. The minimum atomic E-state index is -3.67. The zero-order chi connectivity index (χ0) is 13.9. The van der Waals surface area contributed by atoms with Crippen molar-refractivity contribution in [1.29, 1.82) is 0 Å². The molecule has 0 aromatic heterocycles. The highest BCUT2D eigenvalue weighted by Gasteiger charge is 2.18. The lowest BCUT2D eigenvalue weighted by Gasteiger charge is -2.03. The quantitative estimate of drug-likeness (QED) is 0.358. The van der Waals surface area contributed by atoms with Gasteiger partial charge in [0.25, 0.3) is 5.69 Å². The summed E-state index contributed by atoms with van der Waals surface area (Å²) in [4.78, 5) is 10.0. The number of benzene rings is 1. The van der Waals surface area contributed by atoms with E-state index in [4.69, 9.17) is 22.3 Å². The number of nitro benzene ring substituents is 1. The predicted octanol–water partition coefficient (Wildman–Crippen LogP) is 3.05. The molecule has 10 heteroatoms. The van der Waals surface area contributed by atoms with E-state index in [1.165, 1.54) is 0 Å². The summed E-state index contributed by atoms with van der Waals surface area (Å²) in [5, 5.41) is 10.4. The molecule has 0 radical (unpaired) electrons. The molecule has 0 saturated carbocycles. The molecule has 1 aromatic carbocycles. The molecule has 0 aliphatic heterocycles. The fourth-order valence-corrected chi connectivity index (χ4v) is 3.65. The van der Waals surface area contributed by atoms with Gasteiger partial charge in [0.05, 0.1) is 26.7 Å². The molecule has 0 saturated heterocycles. The Balaban J connectivity index is 2.94. The predicted molar refractivity (Wildman–Crippen MR) is 68.4 cm³/mol. The third-order valence-corrected chi connectivity index (χ3v) is 4.53. The Morgan fingerprint density at radius 3 is 2.56 bits per heavy atom. The zero-order valence-corrected chi connectivity index (χ0v) is 11.7. The Morgan fingerprint density at radius 2 is 2.06 bits per heavy atom. The Morgan fingerprint density at radius 1 is 1.44 bits per heavy atom. The maximum atomic E-state index is 13.1. The van der Waals surface area contributed by atoms with Crippen molar-refractivity contribution in [3.63, 3.8) is 0 Å². The number of hydrogen-bond donors (Lipinski definition) is 0. The van der Waals surface area contributed by atoms with Crippen molar-refractivity contribution in [2.24, 2.45) is 0 Å². The van der Waals surface area contributed by atoms with Crippen LogP contribution in [-0.2, 0) is 9.05 Å². The largest absolute Gasteiger partial charge is 0.285 e. The third kappa shape index (κ3) is 4.60. The van der Waals surface area contributed by atoms with Crippen molar-refractivity contribution in [3.05, 3.63) is 33.1 Å². The van der Waals surface area contributed by atoms with Crippen LogP contribution in [0.3, 0.4) is 0 Å². The van der Waals surface area contributed by atoms with E-state index < -0.39 is 25.5 Å². The van der Waals surface area contributed by atoms with Gasteiger partial charge in [-0.2, -0.15) is 0 Å². The normalized spacial score (nSPS) is 11.5. The lowest BCUT2D eigenvalue weighted by molar-refractivity contribution is -0.387. The van der Waals surface area contributed by atoms with Gasteiger partial charge in [-0.05, 0) is 6.07 Å². The van der Waals surface area contributed by atoms with Crippen LogP contribution in [0.4, 0.5) is 10.1 Å². The molecule has 0 fully saturated rings. The highest BCUT2D eigenvalue weighted by molar-refractivity contribution is 8.14. The smallest absolute Gasteiger partial charge is 0.258 e. The molecule has 0 spiro atoms. The molecule has 0 heterocycles. The number of halogens is 3. The minimum Gasteiger partial charge on any atom is -0.258 e. The highest BCUT2D eigenvalue weighted by atomic mass is 35.7. The van der Waals surface area contributed by atoms with Crippen LogP contribution in [0.15, 0.2) is 17.0 Å². The first kappa shape index (κ1) is 15.5. The van der Waals surface area contributed by atoms with E-state index in [1.807, 2.05) is 0 Å². The molecular weight excluding hydrogens is 328 g/mol. The molecule has 0 amide bonds. The fourth-order valence-electron chi connectivity index (χ4n) is 1.03. The number of nitro groups is 1. The van der Waals surface area contributed by atoms with E-state index in [2.05, 4.69) is 0 Å². The van der Waals surface area contributed by atoms with Gasteiger partial charge in [-0.25, -0.2) is 12.8 Å². The Labute approximate surface area is 116 Å². The summed E-state index contributed by atoms with van der Waals surface area (Å²) >= 11 is 6.37. The van der Waals surface area contributed by atoms with Gasteiger partial charge in [0.2, 0.25) is 9.05 Å². The fraction of sp³-hybridized carbons (Fsp3) is 0.250. The topological polar surface area (TPSA) is 77.3 Å². The molecular formula is C8H6Cl2FNO4S2. The van der Waals surface area contributed by atoms with Crippen molar-refractivity contribution < 1.29 is 17.7 Å².